The van der Waals surface area contributed by atoms with Gasteiger partial charge in [0.25, 0.3) is 0 Å². The van der Waals surface area contributed by atoms with Gasteiger partial charge in [-0.2, -0.15) is 4.31 Å². The molecule has 204 valence electrons. The van der Waals surface area contributed by atoms with Crippen LogP contribution in [-0.4, -0.2) is 120 Å². The van der Waals surface area contributed by atoms with Crippen molar-refractivity contribution < 1.29 is 22.7 Å². The van der Waals surface area contributed by atoms with Crippen molar-refractivity contribution in [2.45, 2.75) is 44.0 Å². The molecular weight excluding hydrogens is 480 g/mol. The average Bonchev–Trinajstić information content (AvgIpc) is 3.29. The highest BCUT2D eigenvalue weighted by Crippen LogP contribution is 2.31. The molecule has 0 bridgehead atoms. The summed E-state index contributed by atoms with van der Waals surface area (Å²) in [6.45, 7) is 9.23. The van der Waals surface area contributed by atoms with Crippen molar-refractivity contribution in [1.82, 2.24) is 19.0 Å². The maximum Gasteiger partial charge on any atom is 0.248 e. The van der Waals surface area contributed by atoms with Crippen LogP contribution in [0, 0.1) is 19.8 Å². The normalized spacial score (nSPS) is 21.8. The number of likely N-dealkylation sites (N-methyl/N-ethyl adjacent to an activating group) is 3. The Morgan fingerprint density at radius 3 is 2.33 bits per heavy atom. The first kappa shape index (κ1) is 28.8. The van der Waals surface area contributed by atoms with Gasteiger partial charge in [0, 0.05) is 59.4 Å². The van der Waals surface area contributed by atoms with Crippen LogP contribution >= 0.6 is 0 Å². The quantitative estimate of drug-likeness (QED) is 0.409. The number of aryl methyl sites for hydroxylation is 2. The summed E-state index contributed by atoms with van der Waals surface area (Å²) in [5.41, 5.74) is 1.28. The SMILES string of the molecule is COc1cc(C)c(S(=O)(=O)N(C)CCOCC(=O)N(C)[C@H]2CCC[C@@H]2CN2CCN(C)CC2)c(C)c1. The number of carbonyl (C=O) groups is 1. The molecule has 1 aromatic carbocycles. The second-order valence-electron chi connectivity index (χ2n) is 10.3. The van der Waals surface area contributed by atoms with E-state index < -0.39 is 10.0 Å². The van der Waals surface area contributed by atoms with Crippen molar-refractivity contribution >= 4 is 15.9 Å². The smallest absolute Gasteiger partial charge is 0.248 e. The van der Waals surface area contributed by atoms with E-state index in [0.29, 0.717) is 22.8 Å². The van der Waals surface area contributed by atoms with Crippen molar-refractivity contribution in [2.24, 2.45) is 5.92 Å². The minimum Gasteiger partial charge on any atom is -0.497 e. The van der Waals surface area contributed by atoms with Crippen LogP contribution in [0.5, 0.6) is 5.75 Å². The van der Waals surface area contributed by atoms with E-state index in [2.05, 4.69) is 16.8 Å². The van der Waals surface area contributed by atoms with Gasteiger partial charge in [-0.1, -0.05) is 6.42 Å². The summed E-state index contributed by atoms with van der Waals surface area (Å²) >= 11 is 0. The van der Waals surface area contributed by atoms with Crippen LogP contribution in [0.3, 0.4) is 0 Å². The Kier molecular flexibility index (Phi) is 10.2. The molecule has 2 fully saturated rings. The molecule has 1 aliphatic carbocycles. The van der Waals surface area contributed by atoms with E-state index in [1.54, 1.807) is 33.1 Å². The molecule has 2 atom stereocenters. The molecule has 10 heteroatoms. The molecule has 0 aromatic heterocycles. The van der Waals surface area contributed by atoms with Gasteiger partial charge in [-0.05, 0) is 62.9 Å². The van der Waals surface area contributed by atoms with E-state index in [4.69, 9.17) is 9.47 Å². The zero-order valence-corrected chi connectivity index (χ0v) is 23.6. The fourth-order valence-electron chi connectivity index (χ4n) is 5.45. The number of methoxy groups -OCH3 is 1. The number of hydrogen-bond donors (Lipinski definition) is 0. The minimum atomic E-state index is -3.69. The maximum atomic E-state index is 13.1. The number of amides is 1. The van der Waals surface area contributed by atoms with Crippen molar-refractivity contribution in [3.8, 4) is 5.75 Å². The second-order valence-corrected chi connectivity index (χ2v) is 12.3. The fraction of sp³-hybridized carbons (Fsp3) is 0.731. The Labute approximate surface area is 217 Å². The topological polar surface area (TPSA) is 82.6 Å². The molecule has 1 aromatic rings. The molecule has 2 aliphatic rings. The standard InChI is InChI=1S/C26H44N4O5S/c1-20-16-23(34-6)17-21(2)26(20)36(32,33)28(4)14-15-35-19-25(31)29(5)24-9-7-8-22(24)18-30-12-10-27(3)11-13-30/h16-17,22,24H,7-15,18-19H2,1-6H3/t22-,24+/m1/s1. The van der Waals surface area contributed by atoms with E-state index in [1.165, 1.54) is 11.4 Å². The van der Waals surface area contributed by atoms with Crippen LogP contribution in [0.15, 0.2) is 17.0 Å². The Bertz CT molecular complexity index is 971. The van der Waals surface area contributed by atoms with E-state index in [0.717, 1.165) is 52.0 Å². The Hall–Kier alpha value is -1.72. The molecule has 9 nitrogen and oxygen atoms in total. The molecule has 1 saturated carbocycles. The number of carbonyl (C=O) groups excluding carboxylic acids is 1. The predicted molar refractivity (Wildman–Crippen MR) is 141 cm³/mol. The fourth-order valence-corrected chi connectivity index (χ4v) is 7.01. The number of benzene rings is 1. The highest BCUT2D eigenvalue weighted by molar-refractivity contribution is 7.89. The molecule has 1 amide bonds. The maximum absolute atomic E-state index is 13.1. The zero-order valence-electron chi connectivity index (χ0n) is 22.8. The van der Waals surface area contributed by atoms with Gasteiger partial charge >= 0.3 is 0 Å². The zero-order chi connectivity index (χ0) is 26.5. The Morgan fingerprint density at radius 2 is 1.72 bits per heavy atom. The van der Waals surface area contributed by atoms with Gasteiger partial charge < -0.3 is 24.2 Å². The predicted octanol–water partition coefficient (Wildman–Crippen LogP) is 1.82. The number of hydrogen-bond acceptors (Lipinski definition) is 7. The van der Waals surface area contributed by atoms with Crippen molar-refractivity contribution in [3.05, 3.63) is 23.3 Å². The third kappa shape index (κ3) is 6.98. The van der Waals surface area contributed by atoms with E-state index >= 15 is 0 Å². The number of rotatable bonds is 11. The summed E-state index contributed by atoms with van der Waals surface area (Å²) in [7, 11) is 3.46. The Balaban J connectivity index is 1.47. The van der Waals surface area contributed by atoms with Crippen molar-refractivity contribution in [2.75, 3.05) is 80.7 Å². The third-order valence-corrected chi connectivity index (χ3v) is 9.88. The lowest BCUT2D eigenvalue weighted by molar-refractivity contribution is -0.137. The number of sulfonamides is 1. The van der Waals surface area contributed by atoms with Crippen LogP contribution in [0.2, 0.25) is 0 Å². The molecule has 36 heavy (non-hydrogen) atoms. The number of piperazine rings is 1. The highest BCUT2D eigenvalue weighted by Gasteiger charge is 2.34. The van der Waals surface area contributed by atoms with Gasteiger partial charge in [0.2, 0.25) is 15.9 Å². The van der Waals surface area contributed by atoms with Gasteiger partial charge in [-0.15, -0.1) is 0 Å². The number of ether oxygens (including phenoxy) is 2. The summed E-state index contributed by atoms with van der Waals surface area (Å²) in [4.78, 5) is 19.9. The first-order valence-corrected chi connectivity index (χ1v) is 14.3. The van der Waals surface area contributed by atoms with E-state index in [-0.39, 0.29) is 36.6 Å². The first-order valence-electron chi connectivity index (χ1n) is 12.9. The summed E-state index contributed by atoms with van der Waals surface area (Å²) in [6.07, 6.45) is 3.33. The van der Waals surface area contributed by atoms with Gasteiger partial charge in [0.1, 0.15) is 12.4 Å². The van der Waals surface area contributed by atoms with Crippen LogP contribution in [0.1, 0.15) is 30.4 Å². The van der Waals surface area contributed by atoms with Gasteiger partial charge in [-0.3, -0.25) is 4.79 Å². The number of nitrogens with zero attached hydrogens (tertiary/aromatic N) is 4. The monoisotopic (exact) mass is 524 g/mol. The van der Waals surface area contributed by atoms with Gasteiger partial charge in [-0.25, -0.2) is 8.42 Å². The summed E-state index contributed by atoms with van der Waals surface area (Å²) in [5, 5.41) is 0. The molecule has 0 N–H and O–H groups in total. The van der Waals surface area contributed by atoms with Crippen molar-refractivity contribution in [3.63, 3.8) is 0 Å². The van der Waals surface area contributed by atoms with E-state index in [1.807, 2.05) is 11.9 Å². The highest BCUT2D eigenvalue weighted by atomic mass is 32.2. The lowest BCUT2D eigenvalue weighted by Gasteiger charge is -2.37. The molecule has 1 saturated heterocycles. The molecule has 3 rings (SSSR count). The molecule has 0 radical (unpaired) electrons. The van der Waals surface area contributed by atoms with Crippen LogP contribution in [0.4, 0.5) is 0 Å². The third-order valence-electron chi connectivity index (χ3n) is 7.71. The molecule has 1 heterocycles. The molecule has 0 spiro atoms. The Morgan fingerprint density at radius 1 is 1.08 bits per heavy atom. The lowest BCUT2D eigenvalue weighted by Crippen LogP contribution is -2.49. The van der Waals surface area contributed by atoms with E-state index in [9.17, 15) is 13.2 Å². The molecule has 1 aliphatic heterocycles. The minimum absolute atomic E-state index is 0.0390. The van der Waals surface area contributed by atoms with Crippen LogP contribution in [0.25, 0.3) is 0 Å². The lowest BCUT2D eigenvalue weighted by atomic mass is 10.0. The first-order chi connectivity index (χ1) is 17.0. The summed E-state index contributed by atoms with van der Waals surface area (Å²) in [5.74, 6) is 1.08. The second kappa shape index (κ2) is 12.7. The molecular formula is C26H44N4O5S. The average molecular weight is 525 g/mol. The summed E-state index contributed by atoms with van der Waals surface area (Å²) < 4.78 is 38.5. The summed E-state index contributed by atoms with van der Waals surface area (Å²) in [6, 6.07) is 3.68. The van der Waals surface area contributed by atoms with Gasteiger partial charge in [0.15, 0.2) is 0 Å². The van der Waals surface area contributed by atoms with Crippen molar-refractivity contribution in [1.29, 1.82) is 0 Å². The van der Waals surface area contributed by atoms with Crippen LogP contribution in [-0.2, 0) is 19.6 Å². The van der Waals surface area contributed by atoms with Gasteiger partial charge in [0.05, 0.1) is 18.6 Å². The largest absolute Gasteiger partial charge is 0.497 e. The molecule has 0 unspecified atom stereocenters. The van der Waals surface area contributed by atoms with Crippen LogP contribution < -0.4 is 4.74 Å².